The van der Waals surface area contributed by atoms with Gasteiger partial charge in [0.25, 0.3) is 0 Å². The molecule has 0 aliphatic carbocycles. The summed E-state index contributed by atoms with van der Waals surface area (Å²) in [6.45, 7) is 3.44. The molecule has 1 fully saturated rings. The highest BCUT2D eigenvalue weighted by molar-refractivity contribution is 6.35. The number of benzene rings is 1. The molecule has 0 spiro atoms. The molecule has 4 nitrogen and oxygen atoms in total. The minimum Gasteiger partial charge on any atom is -0.465 e. The maximum atomic E-state index is 10.4. The van der Waals surface area contributed by atoms with Crippen LogP contribution in [-0.4, -0.2) is 35.7 Å². The SMILES string of the molecule is O=C(O)NCCC1CCN(Cc2ccc(Cl)cc2Cl)CC1. The van der Waals surface area contributed by atoms with Crippen LogP contribution in [0.15, 0.2) is 18.2 Å². The number of nitrogens with one attached hydrogen (secondary N) is 1. The van der Waals surface area contributed by atoms with Gasteiger partial charge in [-0.25, -0.2) is 4.79 Å². The largest absolute Gasteiger partial charge is 0.465 e. The molecule has 2 rings (SSSR count). The first-order chi connectivity index (χ1) is 10.0. The highest BCUT2D eigenvalue weighted by atomic mass is 35.5. The summed E-state index contributed by atoms with van der Waals surface area (Å²) in [5.41, 5.74) is 1.10. The Morgan fingerprint density at radius 2 is 2.05 bits per heavy atom. The Balaban J connectivity index is 1.75. The molecule has 1 aromatic carbocycles. The van der Waals surface area contributed by atoms with Crippen molar-refractivity contribution in [1.29, 1.82) is 0 Å². The van der Waals surface area contributed by atoms with E-state index >= 15 is 0 Å². The molecule has 1 heterocycles. The van der Waals surface area contributed by atoms with E-state index in [1.165, 1.54) is 0 Å². The van der Waals surface area contributed by atoms with Gasteiger partial charge >= 0.3 is 6.09 Å². The standard InChI is InChI=1S/C15H20Cl2N2O2/c16-13-2-1-12(14(17)9-13)10-19-7-4-11(5-8-19)3-6-18-15(20)21/h1-2,9,11,18H,3-8,10H2,(H,20,21). The van der Waals surface area contributed by atoms with Gasteiger partial charge in [0.2, 0.25) is 0 Å². The van der Waals surface area contributed by atoms with Crippen molar-refractivity contribution in [2.45, 2.75) is 25.8 Å². The molecule has 1 saturated heterocycles. The van der Waals surface area contributed by atoms with Crippen LogP contribution < -0.4 is 5.32 Å². The number of amides is 1. The van der Waals surface area contributed by atoms with Gasteiger partial charge in [0.15, 0.2) is 0 Å². The molecule has 2 N–H and O–H groups in total. The van der Waals surface area contributed by atoms with E-state index in [9.17, 15) is 4.79 Å². The van der Waals surface area contributed by atoms with Gasteiger partial charge in [-0.1, -0.05) is 29.3 Å². The lowest BCUT2D eigenvalue weighted by Gasteiger charge is -2.32. The third-order valence-corrected chi connectivity index (χ3v) is 4.53. The first-order valence-electron chi connectivity index (χ1n) is 7.17. The van der Waals surface area contributed by atoms with Crippen LogP contribution in [0.4, 0.5) is 4.79 Å². The molecule has 0 aromatic heterocycles. The van der Waals surface area contributed by atoms with Crippen molar-refractivity contribution in [1.82, 2.24) is 10.2 Å². The van der Waals surface area contributed by atoms with Gasteiger partial charge in [-0.15, -0.1) is 0 Å². The number of carbonyl (C=O) groups is 1. The number of rotatable bonds is 5. The highest BCUT2D eigenvalue weighted by Crippen LogP contribution is 2.25. The monoisotopic (exact) mass is 330 g/mol. The van der Waals surface area contributed by atoms with E-state index in [0.717, 1.165) is 49.5 Å². The summed E-state index contributed by atoms with van der Waals surface area (Å²) in [6.07, 6.45) is 2.19. The van der Waals surface area contributed by atoms with Crippen molar-refractivity contribution in [2.75, 3.05) is 19.6 Å². The van der Waals surface area contributed by atoms with Crippen LogP contribution in [-0.2, 0) is 6.54 Å². The van der Waals surface area contributed by atoms with E-state index in [0.29, 0.717) is 17.5 Å². The number of likely N-dealkylation sites (tertiary alicyclic amines) is 1. The Bertz CT molecular complexity index is 489. The number of halogens is 2. The predicted octanol–water partition coefficient (Wildman–Crippen LogP) is 3.86. The molecule has 1 aliphatic rings. The molecule has 0 bridgehead atoms. The molecule has 1 aromatic rings. The van der Waals surface area contributed by atoms with Crippen molar-refractivity contribution in [3.05, 3.63) is 33.8 Å². The van der Waals surface area contributed by atoms with Crippen molar-refractivity contribution in [3.63, 3.8) is 0 Å². The van der Waals surface area contributed by atoms with Gasteiger partial charge in [0.1, 0.15) is 0 Å². The molecule has 0 radical (unpaired) electrons. The Labute approximate surface area is 135 Å². The molecule has 0 atom stereocenters. The number of carboxylic acid groups (broad SMARTS) is 1. The zero-order valence-corrected chi connectivity index (χ0v) is 13.3. The second-order valence-electron chi connectivity index (χ2n) is 5.48. The molecular formula is C15H20Cl2N2O2. The van der Waals surface area contributed by atoms with Gasteiger partial charge in [0.05, 0.1) is 0 Å². The quantitative estimate of drug-likeness (QED) is 0.861. The smallest absolute Gasteiger partial charge is 0.404 e. The molecule has 0 saturated carbocycles. The average molecular weight is 331 g/mol. The van der Waals surface area contributed by atoms with E-state index in [2.05, 4.69) is 10.2 Å². The zero-order chi connectivity index (χ0) is 15.2. The summed E-state index contributed by atoms with van der Waals surface area (Å²) in [7, 11) is 0. The fourth-order valence-electron chi connectivity index (χ4n) is 2.71. The van der Waals surface area contributed by atoms with Gasteiger partial charge in [0, 0.05) is 23.1 Å². The number of piperidine rings is 1. The average Bonchev–Trinajstić information content (AvgIpc) is 2.43. The lowest BCUT2D eigenvalue weighted by molar-refractivity contribution is 0.169. The van der Waals surface area contributed by atoms with Crippen molar-refractivity contribution < 1.29 is 9.90 Å². The van der Waals surface area contributed by atoms with Crippen LogP contribution in [0.3, 0.4) is 0 Å². The molecule has 0 unspecified atom stereocenters. The van der Waals surface area contributed by atoms with Crippen LogP contribution >= 0.6 is 23.2 Å². The fraction of sp³-hybridized carbons (Fsp3) is 0.533. The lowest BCUT2D eigenvalue weighted by atomic mass is 9.93. The zero-order valence-electron chi connectivity index (χ0n) is 11.8. The van der Waals surface area contributed by atoms with E-state index < -0.39 is 6.09 Å². The van der Waals surface area contributed by atoms with Crippen LogP contribution in [0, 0.1) is 5.92 Å². The minimum atomic E-state index is -0.940. The van der Waals surface area contributed by atoms with Gasteiger partial charge in [-0.3, -0.25) is 4.90 Å². The lowest BCUT2D eigenvalue weighted by Crippen LogP contribution is -2.34. The van der Waals surface area contributed by atoms with E-state index in [-0.39, 0.29) is 0 Å². The van der Waals surface area contributed by atoms with Gasteiger partial charge in [-0.2, -0.15) is 0 Å². The summed E-state index contributed by atoms with van der Waals surface area (Å²) < 4.78 is 0. The first kappa shape index (κ1) is 16.4. The third-order valence-electron chi connectivity index (χ3n) is 3.95. The highest BCUT2D eigenvalue weighted by Gasteiger charge is 2.19. The Hall–Kier alpha value is -0.970. The summed E-state index contributed by atoms with van der Waals surface area (Å²) in [4.78, 5) is 12.8. The van der Waals surface area contributed by atoms with E-state index in [4.69, 9.17) is 28.3 Å². The van der Waals surface area contributed by atoms with Crippen molar-refractivity contribution in [3.8, 4) is 0 Å². The molecule has 21 heavy (non-hydrogen) atoms. The molecule has 116 valence electrons. The number of hydrogen-bond acceptors (Lipinski definition) is 2. The van der Waals surface area contributed by atoms with Crippen LogP contribution in [0.1, 0.15) is 24.8 Å². The van der Waals surface area contributed by atoms with Crippen molar-refractivity contribution in [2.24, 2.45) is 5.92 Å². The van der Waals surface area contributed by atoms with Crippen LogP contribution in [0.5, 0.6) is 0 Å². The molecule has 6 heteroatoms. The van der Waals surface area contributed by atoms with Crippen molar-refractivity contribution >= 4 is 29.3 Å². The molecular weight excluding hydrogens is 311 g/mol. The Morgan fingerprint density at radius 1 is 1.33 bits per heavy atom. The summed E-state index contributed by atoms with van der Waals surface area (Å²) in [6, 6.07) is 5.63. The maximum absolute atomic E-state index is 10.4. The Morgan fingerprint density at radius 3 is 2.67 bits per heavy atom. The predicted molar refractivity (Wildman–Crippen MR) is 85.1 cm³/mol. The van der Waals surface area contributed by atoms with Gasteiger partial charge < -0.3 is 10.4 Å². The van der Waals surface area contributed by atoms with Crippen LogP contribution in [0.2, 0.25) is 10.0 Å². The second-order valence-corrected chi connectivity index (χ2v) is 6.32. The topological polar surface area (TPSA) is 52.6 Å². The maximum Gasteiger partial charge on any atom is 0.404 e. The minimum absolute atomic E-state index is 0.545. The van der Waals surface area contributed by atoms with E-state index in [1.54, 1.807) is 6.07 Å². The summed E-state index contributed by atoms with van der Waals surface area (Å²) >= 11 is 12.1. The van der Waals surface area contributed by atoms with Gasteiger partial charge in [-0.05, 0) is 56.0 Å². The molecule has 1 aliphatic heterocycles. The summed E-state index contributed by atoms with van der Waals surface area (Å²) in [5.74, 6) is 0.605. The van der Waals surface area contributed by atoms with Crippen LogP contribution in [0.25, 0.3) is 0 Å². The first-order valence-corrected chi connectivity index (χ1v) is 7.93. The Kier molecular flexibility index (Phi) is 6.15. The third kappa shape index (κ3) is 5.38. The molecule has 1 amide bonds. The number of nitrogens with zero attached hydrogens (tertiary/aromatic N) is 1. The van der Waals surface area contributed by atoms with E-state index in [1.807, 2.05) is 12.1 Å². The second kappa shape index (κ2) is 7.87. The fourth-order valence-corrected chi connectivity index (χ4v) is 3.18. The normalized spacial score (nSPS) is 16.9. The number of hydrogen-bond donors (Lipinski definition) is 2. The summed E-state index contributed by atoms with van der Waals surface area (Å²) in [5, 5.41) is 12.4.